The van der Waals surface area contributed by atoms with Crippen molar-refractivity contribution in [3.05, 3.63) is 0 Å². The lowest BCUT2D eigenvalue weighted by molar-refractivity contribution is 0.228. The minimum Gasteiger partial charge on any atom is -0.396 e. The van der Waals surface area contributed by atoms with E-state index in [-0.39, 0.29) is 0 Å². The van der Waals surface area contributed by atoms with E-state index in [4.69, 9.17) is 5.11 Å². The van der Waals surface area contributed by atoms with E-state index in [0.717, 1.165) is 18.9 Å². The maximum Gasteiger partial charge on any atom is 0.0456 e. The topological polar surface area (TPSA) is 32.3 Å². The summed E-state index contributed by atoms with van der Waals surface area (Å²) in [7, 11) is 0. The molecule has 1 saturated carbocycles. The summed E-state index contributed by atoms with van der Waals surface area (Å²) < 4.78 is 0. The molecule has 0 aromatic heterocycles. The monoisotopic (exact) mass is 185 g/mol. The molecule has 2 nitrogen and oxygen atoms in total. The fourth-order valence-electron chi connectivity index (χ4n) is 1.50. The Kier molecular flexibility index (Phi) is 5.40. The number of nitrogens with one attached hydrogen (secondary N) is 1. The van der Waals surface area contributed by atoms with Gasteiger partial charge in [0.2, 0.25) is 0 Å². The molecule has 0 aromatic carbocycles. The molecule has 0 saturated heterocycles. The number of hydrogen-bond acceptors (Lipinski definition) is 2. The van der Waals surface area contributed by atoms with Crippen molar-refractivity contribution >= 4 is 0 Å². The molecule has 0 heterocycles. The molecule has 0 bridgehead atoms. The zero-order chi connectivity index (χ0) is 9.52. The van der Waals surface area contributed by atoms with Crippen molar-refractivity contribution in [3.8, 4) is 0 Å². The van der Waals surface area contributed by atoms with Gasteiger partial charge in [0, 0.05) is 6.61 Å². The molecule has 0 radical (unpaired) electrons. The van der Waals surface area contributed by atoms with Gasteiger partial charge in [0.25, 0.3) is 0 Å². The molecular weight excluding hydrogens is 162 g/mol. The molecule has 2 N–H and O–H groups in total. The Morgan fingerprint density at radius 1 is 1.38 bits per heavy atom. The molecule has 1 atom stereocenters. The Balaban J connectivity index is 1.72. The SMILES string of the molecule is CC(CO)CCCNCCC1CC1. The fourth-order valence-corrected chi connectivity index (χ4v) is 1.50. The Bertz CT molecular complexity index is 123. The summed E-state index contributed by atoms with van der Waals surface area (Å²) in [6.45, 7) is 4.75. The summed E-state index contributed by atoms with van der Waals surface area (Å²) in [6, 6.07) is 0. The van der Waals surface area contributed by atoms with E-state index in [1.807, 2.05) is 0 Å². The molecule has 0 aromatic rings. The predicted octanol–water partition coefficient (Wildman–Crippen LogP) is 1.78. The third-order valence-corrected chi connectivity index (χ3v) is 2.79. The second-order valence-corrected chi connectivity index (χ2v) is 4.41. The fraction of sp³-hybridized carbons (Fsp3) is 1.00. The van der Waals surface area contributed by atoms with Crippen molar-refractivity contribution in [1.29, 1.82) is 0 Å². The first-order valence-corrected chi connectivity index (χ1v) is 5.64. The van der Waals surface area contributed by atoms with Gasteiger partial charge in [-0.1, -0.05) is 19.8 Å². The number of hydrogen-bond donors (Lipinski definition) is 2. The van der Waals surface area contributed by atoms with E-state index in [9.17, 15) is 0 Å². The third kappa shape index (κ3) is 6.05. The van der Waals surface area contributed by atoms with Crippen LogP contribution >= 0.6 is 0 Å². The highest BCUT2D eigenvalue weighted by atomic mass is 16.3. The Morgan fingerprint density at radius 2 is 2.15 bits per heavy atom. The van der Waals surface area contributed by atoms with Crippen LogP contribution in [0.3, 0.4) is 0 Å². The normalized spacial score (nSPS) is 18.9. The highest BCUT2D eigenvalue weighted by molar-refractivity contribution is 4.73. The van der Waals surface area contributed by atoms with Crippen molar-refractivity contribution in [2.45, 2.75) is 39.0 Å². The Morgan fingerprint density at radius 3 is 2.77 bits per heavy atom. The quantitative estimate of drug-likeness (QED) is 0.565. The van der Waals surface area contributed by atoms with Crippen LogP contribution in [-0.4, -0.2) is 24.8 Å². The maximum absolute atomic E-state index is 8.80. The highest BCUT2D eigenvalue weighted by Crippen LogP contribution is 2.31. The van der Waals surface area contributed by atoms with Crippen molar-refractivity contribution in [2.75, 3.05) is 19.7 Å². The lowest BCUT2D eigenvalue weighted by atomic mass is 10.1. The second-order valence-electron chi connectivity index (χ2n) is 4.41. The van der Waals surface area contributed by atoms with Crippen LogP contribution in [0, 0.1) is 11.8 Å². The maximum atomic E-state index is 8.80. The number of aliphatic hydroxyl groups is 1. The van der Waals surface area contributed by atoms with E-state index in [1.165, 1.54) is 32.2 Å². The molecule has 1 aliphatic rings. The molecule has 0 spiro atoms. The molecule has 0 amide bonds. The van der Waals surface area contributed by atoms with Crippen LogP contribution in [0.5, 0.6) is 0 Å². The van der Waals surface area contributed by atoms with Crippen LogP contribution in [-0.2, 0) is 0 Å². The molecule has 78 valence electrons. The molecular formula is C11H23NO. The van der Waals surface area contributed by atoms with E-state index in [0.29, 0.717) is 12.5 Å². The van der Waals surface area contributed by atoms with Gasteiger partial charge in [-0.3, -0.25) is 0 Å². The van der Waals surface area contributed by atoms with Gasteiger partial charge in [0.05, 0.1) is 0 Å². The smallest absolute Gasteiger partial charge is 0.0456 e. The highest BCUT2D eigenvalue weighted by Gasteiger charge is 2.19. The first-order valence-electron chi connectivity index (χ1n) is 5.64. The minimum absolute atomic E-state index is 0.335. The number of aliphatic hydroxyl groups excluding tert-OH is 1. The Hall–Kier alpha value is -0.0800. The van der Waals surface area contributed by atoms with Crippen molar-refractivity contribution in [3.63, 3.8) is 0 Å². The number of rotatable bonds is 8. The second kappa shape index (κ2) is 6.39. The lowest BCUT2D eigenvalue weighted by Crippen LogP contribution is -2.18. The van der Waals surface area contributed by atoms with E-state index in [2.05, 4.69) is 12.2 Å². The van der Waals surface area contributed by atoms with Crippen LogP contribution in [0.1, 0.15) is 39.0 Å². The van der Waals surface area contributed by atoms with E-state index in [1.54, 1.807) is 0 Å². The van der Waals surface area contributed by atoms with Crippen molar-refractivity contribution in [1.82, 2.24) is 5.32 Å². The zero-order valence-electron chi connectivity index (χ0n) is 8.76. The molecule has 0 aliphatic heterocycles. The van der Waals surface area contributed by atoms with Crippen LogP contribution in [0.15, 0.2) is 0 Å². The Labute approximate surface area is 81.7 Å². The summed E-state index contributed by atoms with van der Waals surface area (Å²) in [4.78, 5) is 0. The standard InChI is InChI=1S/C11H23NO/c1-10(9-13)3-2-7-12-8-6-11-4-5-11/h10-13H,2-9H2,1H3. The van der Waals surface area contributed by atoms with Gasteiger partial charge in [-0.05, 0) is 44.2 Å². The van der Waals surface area contributed by atoms with Gasteiger partial charge in [0.15, 0.2) is 0 Å². The summed E-state index contributed by atoms with van der Waals surface area (Å²) in [5, 5.41) is 12.3. The zero-order valence-corrected chi connectivity index (χ0v) is 8.76. The first kappa shape index (κ1) is 11.0. The molecule has 2 heteroatoms. The lowest BCUT2D eigenvalue weighted by Gasteiger charge is -2.07. The molecule has 1 fully saturated rings. The van der Waals surface area contributed by atoms with Crippen molar-refractivity contribution in [2.24, 2.45) is 11.8 Å². The average molecular weight is 185 g/mol. The average Bonchev–Trinajstić information content (AvgIpc) is 2.94. The summed E-state index contributed by atoms with van der Waals surface area (Å²) >= 11 is 0. The van der Waals surface area contributed by atoms with Gasteiger partial charge >= 0.3 is 0 Å². The van der Waals surface area contributed by atoms with Gasteiger partial charge in [-0.25, -0.2) is 0 Å². The van der Waals surface area contributed by atoms with Crippen LogP contribution in [0.4, 0.5) is 0 Å². The molecule has 1 rings (SSSR count). The minimum atomic E-state index is 0.335. The predicted molar refractivity (Wildman–Crippen MR) is 55.7 cm³/mol. The van der Waals surface area contributed by atoms with Crippen molar-refractivity contribution < 1.29 is 5.11 Å². The summed E-state index contributed by atoms with van der Waals surface area (Å²) in [5.74, 6) is 1.52. The van der Waals surface area contributed by atoms with Crippen LogP contribution in [0.2, 0.25) is 0 Å². The van der Waals surface area contributed by atoms with Gasteiger partial charge in [-0.15, -0.1) is 0 Å². The van der Waals surface area contributed by atoms with Gasteiger partial charge < -0.3 is 10.4 Å². The van der Waals surface area contributed by atoms with Gasteiger partial charge in [0.1, 0.15) is 0 Å². The molecule has 13 heavy (non-hydrogen) atoms. The first-order chi connectivity index (χ1) is 6.33. The molecule has 1 unspecified atom stereocenters. The third-order valence-electron chi connectivity index (χ3n) is 2.79. The van der Waals surface area contributed by atoms with Crippen LogP contribution in [0.25, 0.3) is 0 Å². The van der Waals surface area contributed by atoms with E-state index >= 15 is 0 Å². The largest absolute Gasteiger partial charge is 0.396 e. The summed E-state index contributed by atoms with van der Waals surface area (Å²) in [6.07, 6.45) is 6.64. The summed E-state index contributed by atoms with van der Waals surface area (Å²) in [5.41, 5.74) is 0. The van der Waals surface area contributed by atoms with E-state index < -0.39 is 0 Å². The molecule has 1 aliphatic carbocycles. The van der Waals surface area contributed by atoms with Gasteiger partial charge in [-0.2, -0.15) is 0 Å². The van der Waals surface area contributed by atoms with Crippen LogP contribution < -0.4 is 5.32 Å².